The zero-order valence-corrected chi connectivity index (χ0v) is 12.7. The molecule has 0 bridgehead atoms. The maximum absolute atomic E-state index is 12.8. The molecule has 1 fully saturated rings. The van der Waals surface area contributed by atoms with Crippen molar-refractivity contribution in [2.24, 2.45) is 0 Å². The number of nitriles is 1. The molecule has 3 rings (SSSR count). The molecule has 0 N–H and O–H groups in total. The fourth-order valence-electron chi connectivity index (χ4n) is 2.61. The van der Waals surface area contributed by atoms with Crippen LogP contribution < -0.4 is 9.80 Å². The van der Waals surface area contributed by atoms with Gasteiger partial charge in [0.05, 0.1) is 5.56 Å². The van der Waals surface area contributed by atoms with E-state index in [4.69, 9.17) is 5.26 Å². The molecule has 24 heavy (non-hydrogen) atoms. The van der Waals surface area contributed by atoms with Crippen molar-refractivity contribution >= 4 is 11.6 Å². The van der Waals surface area contributed by atoms with Crippen molar-refractivity contribution in [3.8, 4) is 6.07 Å². The Labute approximate surface area is 137 Å². The van der Waals surface area contributed by atoms with Gasteiger partial charge in [-0.25, -0.2) is 9.97 Å². The molecule has 124 valence electrons. The van der Waals surface area contributed by atoms with Gasteiger partial charge in [0.2, 0.25) is 5.95 Å². The minimum atomic E-state index is -4.34. The SMILES string of the molecule is N#Cc1ccnc(N2CCN(c3cccc(C(F)(F)F)c3)CC2)n1. The maximum Gasteiger partial charge on any atom is 0.416 e. The van der Waals surface area contributed by atoms with Gasteiger partial charge in [-0.3, -0.25) is 0 Å². The summed E-state index contributed by atoms with van der Waals surface area (Å²) in [6.45, 7) is 2.26. The first-order valence-corrected chi connectivity index (χ1v) is 7.38. The zero-order chi connectivity index (χ0) is 17.2. The molecule has 1 aliphatic heterocycles. The number of anilines is 2. The molecule has 1 aromatic carbocycles. The Morgan fingerprint density at radius 3 is 2.42 bits per heavy atom. The third-order valence-corrected chi connectivity index (χ3v) is 3.86. The number of hydrogen-bond donors (Lipinski definition) is 0. The van der Waals surface area contributed by atoms with Crippen LogP contribution in [0.2, 0.25) is 0 Å². The van der Waals surface area contributed by atoms with E-state index < -0.39 is 11.7 Å². The van der Waals surface area contributed by atoms with E-state index >= 15 is 0 Å². The van der Waals surface area contributed by atoms with Crippen LogP contribution in [0.5, 0.6) is 0 Å². The van der Waals surface area contributed by atoms with Gasteiger partial charge in [-0.05, 0) is 24.3 Å². The van der Waals surface area contributed by atoms with Gasteiger partial charge in [0.1, 0.15) is 11.8 Å². The number of nitrogens with zero attached hydrogens (tertiary/aromatic N) is 5. The van der Waals surface area contributed by atoms with Crippen LogP contribution >= 0.6 is 0 Å². The van der Waals surface area contributed by atoms with E-state index in [1.807, 2.05) is 15.9 Å². The van der Waals surface area contributed by atoms with Crippen molar-refractivity contribution in [3.05, 3.63) is 47.8 Å². The van der Waals surface area contributed by atoms with Gasteiger partial charge < -0.3 is 9.80 Å². The first-order valence-electron chi connectivity index (χ1n) is 7.38. The summed E-state index contributed by atoms with van der Waals surface area (Å²) in [6, 6.07) is 8.84. The highest BCUT2D eigenvalue weighted by molar-refractivity contribution is 5.51. The Bertz CT molecular complexity index is 761. The van der Waals surface area contributed by atoms with Crippen LogP contribution in [0.4, 0.5) is 24.8 Å². The zero-order valence-electron chi connectivity index (χ0n) is 12.7. The first-order chi connectivity index (χ1) is 11.5. The number of alkyl halides is 3. The average Bonchev–Trinajstić information content (AvgIpc) is 2.61. The number of halogens is 3. The molecule has 5 nitrogen and oxygen atoms in total. The third-order valence-electron chi connectivity index (χ3n) is 3.86. The summed E-state index contributed by atoms with van der Waals surface area (Å²) < 4.78 is 38.5. The molecule has 0 atom stereocenters. The minimum Gasteiger partial charge on any atom is -0.368 e. The van der Waals surface area contributed by atoms with Crippen LogP contribution in [-0.4, -0.2) is 36.1 Å². The molecule has 0 unspecified atom stereocenters. The summed E-state index contributed by atoms with van der Waals surface area (Å²) >= 11 is 0. The molecule has 2 heterocycles. The van der Waals surface area contributed by atoms with E-state index in [1.54, 1.807) is 6.07 Å². The van der Waals surface area contributed by atoms with E-state index in [2.05, 4.69) is 9.97 Å². The summed E-state index contributed by atoms with van der Waals surface area (Å²) in [5, 5.41) is 8.88. The molecule has 0 aliphatic carbocycles. The van der Waals surface area contributed by atoms with E-state index in [9.17, 15) is 13.2 Å². The number of rotatable bonds is 2. The second-order valence-electron chi connectivity index (χ2n) is 5.38. The Balaban J connectivity index is 1.70. The van der Waals surface area contributed by atoms with Gasteiger partial charge >= 0.3 is 6.18 Å². The number of benzene rings is 1. The quantitative estimate of drug-likeness (QED) is 0.846. The highest BCUT2D eigenvalue weighted by Gasteiger charge is 2.31. The van der Waals surface area contributed by atoms with Crippen LogP contribution in [-0.2, 0) is 6.18 Å². The molecule has 2 aromatic rings. The Hall–Kier alpha value is -2.82. The van der Waals surface area contributed by atoms with Crippen LogP contribution in [0, 0.1) is 11.3 Å². The smallest absolute Gasteiger partial charge is 0.368 e. The Kier molecular flexibility index (Phi) is 4.25. The summed E-state index contributed by atoms with van der Waals surface area (Å²) in [6.07, 6.45) is -2.82. The summed E-state index contributed by atoms with van der Waals surface area (Å²) in [5.41, 5.74) is 0.198. The van der Waals surface area contributed by atoms with Gasteiger partial charge in [-0.1, -0.05) is 6.07 Å². The lowest BCUT2D eigenvalue weighted by atomic mass is 10.1. The highest BCUT2D eigenvalue weighted by Crippen LogP contribution is 2.32. The number of aromatic nitrogens is 2. The van der Waals surface area contributed by atoms with Gasteiger partial charge in [-0.2, -0.15) is 18.4 Å². The number of hydrogen-bond acceptors (Lipinski definition) is 5. The van der Waals surface area contributed by atoms with Crippen molar-refractivity contribution in [1.82, 2.24) is 9.97 Å². The normalized spacial score (nSPS) is 15.2. The lowest BCUT2D eigenvalue weighted by Gasteiger charge is -2.36. The molecular formula is C16H14F3N5. The van der Waals surface area contributed by atoms with Crippen molar-refractivity contribution in [1.29, 1.82) is 5.26 Å². The van der Waals surface area contributed by atoms with Crippen molar-refractivity contribution in [2.75, 3.05) is 36.0 Å². The second kappa shape index (κ2) is 6.35. The molecule has 0 radical (unpaired) electrons. The van der Waals surface area contributed by atoms with Crippen LogP contribution in [0.15, 0.2) is 36.5 Å². The van der Waals surface area contributed by atoms with Crippen molar-refractivity contribution < 1.29 is 13.2 Å². The molecule has 1 aliphatic rings. The third kappa shape index (κ3) is 3.40. The van der Waals surface area contributed by atoms with Crippen LogP contribution in [0.25, 0.3) is 0 Å². The van der Waals surface area contributed by atoms with E-state index in [0.29, 0.717) is 43.5 Å². The van der Waals surface area contributed by atoms with Crippen molar-refractivity contribution in [2.45, 2.75) is 6.18 Å². The highest BCUT2D eigenvalue weighted by atomic mass is 19.4. The van der Waals surface area contributed by atoms with Crippen LogP contribution in [0.1, 0.15) is 11.3 Å². The predicted octanol–water partition coefficient (Wildman–Crippen LogP) is 2.69. The molecule has 1 aromatic heterocycles. The molecule has 8 heteroatoms. The average molecular weight is 333 g/mol. The summed E-state index contributed by atoms with van der Waals surface area (Å²) in [7, 11) is 0. The predicted molar refractivity (Wildman–Crippen MR) is 82.6 cm³/mol. The Morgan fingerprint density at radius 1 is 1.04 bits per heavy atom. The van der Waals surface area contributed by atoms with E-state index in [-0.39, 0.29) is 0 Å². The van der Waals surface area contributed by atoms with Crippen LogP contribution in [0.3, 0.4) is 0 Å². The summed E-state index contributed by atoms with van der Waals surface area (Å²) in [5.74, 6) is 0.470. The second-order valence-corrected chi connectivity index (χ2v) is 5.38. The topological polar surface area (TPSA) is 56.1 Å². The fourth-order valence-corrected chi connectivity index (χ4v) is 2.61. The standard InChI is InChI=1S/C16H14F3N5/c17-16(18,19)12-2-1-3-14(10-12)23-6-8-24(9-7-23)15-21-5-4-13(11-20)22-15/h1-5,10H,6-9H2. The van der Waals surface area contributed by atoms with Crippen molar-refractivity contribution in [3.63, 3.8) is 0 Å². The van der Waals surface area contributed by atoms with E-state index in [1.165, 1.54) is 24.4 Å². The number of piperazine rings is 1. The van der Waals surface area contributed by atoms with Gasteiger partial charge in [0, 0.05) is 38.1 Å². The molecular weight excluding hydrogens is 319 g/mol. The molecule has 1 saturated heterocycles. The Morgan fingerprint density at radius 2 is 1.75 bits per heavy atom. The minimum absolute atomic E-state index is 0.292. The largest absolute Gasteiger partial charge is 0.416 e. The summed E-state index contributed by atoms with van der Waals surface area (Å²) in [4.78, 5) is 12.1. The maximum atomic E-state index is 12.8. The van der Waals surface area contributed by atoms with Gasteiger partial charge in [0.15, 0.2) is 0 Å². The first kappa shape index (κ1) is 16.1. The fraction of sp³-hybridized carbons (Fsp3) is 0.312. The molecule has 0 saturated carbocycles. The van der Waals surface area contributed by atoms with E-state index in [0.717, 1.165) is 6.07 Å². The lowest BCUT2D eigenvalue weighted by Crippen LogP contribution is -2.47. The molecule has 0 amide bonds. The van der Waals surface area contributed by atoms with Gasteiger partial charge in [0.25, 0.3) is 0 Å². The van der Waals surface area contributed by atoms with Gasteiger partial charge in [-0.15, -0.1) is 0 Å². The molecule has 0 spiro atoms. The lowest BCUT2D eigenvalue weighted by molar-refractivity contribution is -0.137. The monoisotopic (exact) mass is 333 g/mol.